The lowest BCUT2D eigenvalue weighted by atomic mass is 10.1. The third-order valence-corrected chi connectivity index (χ3v) is 1.88. The molecule has 2 N–H and O–H groups in total. The van der Waals surface area contributed by atoms with Gasteiger partial charge in [-0.25, -0.2) is 0 Å². The number of halogens is 3. The number of ether oxygens (including phenoxy) is 1. The molecule has 0 amide bonds. The number of nitrogens with zero attached hydrogens (tertiary/aromatic N) is 1. The molecule has 0 heterocycles. The van der Waals surface area contributed by atoms with E-state index in [1.165, 1.54) is 0 Å². The van der Waals surface area contributed by atoms with E-state index in [1.54, 1.807) is 0 Å². The molecule has 0 radical (unpaired) electrons. The molecule has 6 nitrogen and oxygen atoms in total. The van der Waals surface area contributed by atoms with Crippen LogP contribution in [-0.2, 0) is 0 Å². The van der Waals surface area contributed by atoms with Crippen molar-refractivity contribution in [3.8, 4) is 17.2 Å². The molecular weight excluding hydrogens is 247 g/mol. The van der Waals surface area contributed by atoms with Gasteiger partial charge >= 0.3 is 12.0 Å². The molecule has 1 aromatic carbocycles. The van der Waals surface area contributed by atoms with E-state index < -0.39 is 39.8 Å². The highest BCUT2D eigenvalue weighted by molar-refractivity contribution is 5.63. The number of aromatic hydroxyl groups is 2. The van der Waals surface area contributed by atoms with Gasteiger partial charge in [-0.15, -0.1) is 13.2 Å². The smallest absolute Gasteiger partial charge is 0.504 e. The highest BCUT2D eigenvalue weighted by Gasteiger charge is 2.34. The van der Waals surface area contributed by atoms with Crippen molar-refractivity contribution in [1.82, 2.24) is 0 Å². The molecule has 17 heavy (non-hydrogen) atoms. The van der Waals surface area contributed by atoms with Crippen LogP contribution in [-0.4, -0.2) is 21.5 Å². The Morgan fingerprint density at radius 3 is 2.29 bits per heavy atom. The molecule has 94 valence electrons. The lowest BCUT2D eigenvalue weighted by Crippen LogP contribution is -2.18. The number of rotatable bonds is 2. The van der Waals surface area contributed by atoms with Crippen molar-refractivity contribution in [1.29, 1.82) is 0 Å². The monoisotopic (exact) mass is 253 g/mol. The second-order valence-electron chi connectivity index (χ2n) is 3.02. The van der Waals surface area contributed by atoms with Crippen LogP contribution in [0.3, 0.4) is 0 Å². The molecule has 0 saturated heterocycles. The number of phenols is 2. The largest absolute Gasteiger partial charge is 0.573 e. The summed E-state index contributed by atoms with van der Waals surface area (Å²) in [4.78, 5) is 9.26. The summed E-state index contributed by atoms with van der Waals surface area (Å²) >= 11 is 0. The molecule has 1 aromatic rings. The van der Waals surface area contributed by atoms with Crippen molar-refractivity contribution in [2.24, 2.45) is 0 Å². The molecule has 0 aliphatic rings. The first-order chi connectivity index (χ1) is 7.63. The predicted octanol–water partition coefficient (Wildman–Crippen LogP) is 2.21. The van der Waals surface area contributed by atoms with Gasteiger partial charge in [0.2, 0.25) is 5.75 Å². The lowest BCUT2D eigenvalue weighted by molar-refractivity contribution is -0.386. The number of nitro benzene ring substituents is 1. The van der Waals surface area contributed by atoms with Gasteiger partial charge < -0.3 is 14.9 Å². The van der Waals surface area contributed by atoms with E-state index in [4.69, 9.17) is 5.11 Å². The zero-order valence-corrected chi connectivity index (χ0v) is 8.28. The van der Waals surface area contributed by atoms with Crippen molar-refractivity contribution in [2.45, 2.75) is 13.3 Å². The van der Waals surface area contributed by atoms with Crippen molar-refractivity contribution in [2.75, 3.05) is 0 Å². The second kappa shape index (κ2) is 4.00. The number of hydrogen-bond donors (Lipinski definition) is 2. The summed E-state index contributed by atoms with van der Waals surface area (Å²) in [5, 5.41) is 28.8. The summed E-state index contributed by atoms with van der Waals surface area (Å²) in [7, 11) is 0. The number of nitro groups is 1. The average molecular weight is 253 g/mol. The summed E-state index contributed by atoms with van der Waals surface area (Å²) in [6.07, 6.45) is -5.05. The Morgan fingerprint density at radius 2 is 1.88 bits per heavy atom. The topological polar surface area (TPSA) is 92.8 Å². The van der Waals surface area contributed by atoms with Crippen LogP contribution in [0.5, 0.6) is 17.2 Å². The highest BCUT2D eigenvalue weighted by Crippen LogP contribution is 2.43. The molecule has 0 atom stereocenters. The van der Waals surface area contributed by atoms with Gasteiger partial charge in [0.25, 0.3) is 0 Å². The average Bonchev–Trinajstić information content (AvgIpc) is 2.16. The van der Waals surface area contributed by atoms with Crippen LogP contribution in [0.2, 0.25) is 0 Å². The third kappa shape index (κ3) is 2.68. The van der Waals surface area contributed by atoms with Crippen LogP contribution < -0.4 is 4.74 Å². The van der Waals surface area contributed by atoms with Crippen molar-refractivity contribution >= 4 is 5.69 Å². The van der Waals surface area contributed by atoms with E-state index in [0.29, 0.717) is 6.07 Å². The zero-order valence-electron chi connectivity index (χ0n) is 8.28. The molecule has 0 bridgehead atoms. The Morgan fingerprint density at radius 1 is 1.35 bits per heavy atom. The summed E-state index contributed by atoms with van der Waals surface area (Å²) in [5.74, 6) is -3.08. The molecule has 0 spiro atoms. The standard InChI is InChI=1S/C8H6F3NO5/c1-3-5(17-8(9,10)11)2-4(12(15)16)7(14)6(3)13/h2,13-14H,1H3. The van der Waals surface area contributed by atoms with E-state index >= 15 is 0 Å². The van der Waals surface area contributed by atoms with Crippen molar-refractivity contribution < 1.29 is 33.0 Å². The Bertz CT molecular complexity index is 471. The van der Waals surface area contributed by atoms with Crippen LogP contribution in [0.25, 0.3) is 0 Å². The fourth-order valence-corrected chi connectivity index (χ4v) is 1.09. The molecule has 0 aliphatic heterocycles. The van der Waals surface area contributed by atoms with Gasteiger partial charge in [-0.3, -0.25) is 10.1 Å². The zero-order chi connectivity index (χ0) is 13.4. The van der Waals surface area contributed by atoms with Crippen molar-refractivity contribution in [3.63, 3.8) is 0 Å². The van der Waals surface area contributed by atoms with E-state index in [1.807, 2.05) is 0 Å². The predicted molar refractivity (Wildman–Crippen MR) is 47.8 cm³/mol. The fraction of sp³-hybridized carbons (Fsp3) is 0.250. The second-order valence-corrected chi connectivity index (χ2v) is 3.02. The molecule has 0 unspecified atom stereocenters. The minimum atomic E-state index is -5.05. The van der Waals surface area contributed by atoms with Crippen LogP contribution in [0.1, 0.15) is 5.56 Å². The number of benzene rings is 1. The van der Waals surface area contributed by atoms with Gasteiger partial charge in [0, 0.05) is 5.56 Å². The van der Waals surface area contributed by atoms with Gasteiger partial charge in [-0.05, 0) is 6.92 Å². The Labute approximate surface area is 92.0 Å². The maximum atomic E-state index is 12.0. The van der Waals surface area contributed by atoms with Gasteiger partial charge in [0.05, 0.1) is 11.0 Å². The highest BCUT2D eigenvalue weighted by atomic mass is 19.4. The number of alkyl halides is 3. The summed E-state index contributed by atoms with van der Waals surface area (Å²) in [6.45, 7) is 1.01. The normalized spacial score (nSPS) is 11.3. The van der Waals surface area contributed by atoms with Gasteiger partial charge in [0.1, 0.15) is 5.75 Å². The maximum absolute atomic E-state index is 12.0. The van der Waals surface area contributed by atoms with Crippen LogP contribution >= 0.6 is 0 Å². The maximum Gasteiger partial charge on any atom is 0.573 e. The van der Waals surface area contributed by atoms with Crippen molar-refractivity contribution in [3.05, 3.63) is 21.7 Å². The quantitative estimate of drug-likeness (QED) is 0.478. The molecule has 9 heteroatoms. The summed E-state index contributed by atoms with van der Waals surface area (Å²) in [5.41, 5.74) is -1.53. The van der Waals surface area contributed by atoms with E-state index in [-0.39, 0.29) is 0 Å². The Hall–Kier alpha value is -2.19. The summed E-state index contributed by atoms with van der Waals surface area (Å²) in [6, 6.07) is 0.387. The molecule has 0 fully saturated rings. The number of hydrogen-bond acceptors (Lipinski definition) is 5. The van der Waals surface area contributed by atoms with E-state index in [0.717, 1.165) is 6.92 Å². The molecule has 0 aromatic heterocycles. The van der Waals surface area contributed by atoms with Gasteiger partial charge in [-0.1, -0.05) is 0 Å². The molecule has 0 saturated carbocycles. The van der Waals surface area contributed by atoms with Gasteiger partial charge in [0.15, 0.2) is 5.75 Å². The minimum absolute atomic E-state index is 0.387. The third-order valence-electron chi connectivity index (χ3n) is 1.88. The Balaban J connectivity index is 3.37. The molecule has 0 aliphatic carbocycles. The Kier molecular flexibility index (Phi) is 3.03. The molecule has 1 rings (SSSR count). The first-order valence-electron chi connectivity index (χ1n) is 4.09. The minimum Gasteiger partial charge on any atom is -0.504 e. The van der Waals surface area contributed by atoms with E-state index in [2.05, 4.69) is 4.74 Å². The fourth-order valence-electron chi connectivity index (χ4n) is 1.09. The summed E-state index contributed by atoms with van der Waals surface area (Å²) < 4.78 is 39.3. The molecular formula is C8H6F3NO5. The SMILES string of the molecule is Cc1c(OC(F)(F)F)cc([N+](=O)[O-])c(O)c1O. The van der Waals surface area contributed by atoms with Crippen LogP contribution in [0.4, 0.5) is 18.9 Å². The number of phenolic OH excluding ortho intramolecular Hbond substituents is 2. The van der Waals surface area contributed by atoms with Crippen LogP contribution in [0.15, 0.2) is 6.07 Å². The first-order valence-corrected chi connectivity index (χ1v) is 4.09. The first kappa shape index (κ1) is 12.9. The van der Waals surface area contributed by atoms with E-state index in [9.17, 15) is 28.4 Å². The lowest BCUT2D eigenvalue weighted by Gasteiger charge is -2.12. The van der Waals surface area contributed by atoms with Gasteiger partial charge in [-0.2, -0.15) is 0 Å². The van der Waals surface area contributed by atoms with Crippen LogP contribution in [0, 0.1) is 17.0 Å².